The SMILES string of the molecule is CCOc1ccc(NC(=O)[C@@H](C)Sc2nc3ccc([N+](=O)[O-])cc3s2)cc1. The van der Waals surface area contributed by atoms with Crippen LogP contribution >= 0.6 is 23.1 Å². The molecule has 0 aliphatic heterocycles. The second kappa shape index (κ2) is 8.36. The van der Waals surface area contributed by atoms with Crippen LogP contribution in [0.2, 0.25) is 0 Å². The summed E-state index contributed by atoms with van der Waals surface area (Å²) in [6, 6.07) is 11.7. The molecule has 27 heavy (non-hydrogen) atoms. The van der Waals surface area contributed by atoms with E-state index >= 15 is 0 Å². The summed E-state index contributed by atoms with van der Waals surface area (Å²) in [5.41, 5.74) is 1.41. The summed E-state index contributed by atoms with van der Waals surface area (Å²) in [6.07, 6.45) is 0. The number of hydrogen-bond donors (Lipinski definition) is 1. The van der Waals surface area contributed by atoms with Crippen molar-refractivity contribution in [1.29, 1.82) is 0 Å². The molecule has 1 atom stereocenters. The van der Waals surface area contributed by atoms with Crippen molar-refractivity contribution in [3.05, 3.63) is 52.6 Å². The molecule has 0 radical (unpaired) electrons. The van der Waals surface area contributed by atoms with Crippen molar-refractivity contribution in [2.45, 2.75) is 23.4 Å². The van der Waals surface area contributed by atoms with Crippen LogP contribution in [-0.4, -0.2) is 27.7 Å². The van der Waals surface area contributed by atoms with Gasteiger partial charge in [-0.1, -0.05) is 11.8 Å². The van der Waals surface area contributed by atoms with Crippen LogP contribution in [-0.2, 0) is 4.79 Å². The molecule has 0 aliphatic rings. The maximum Gasteiger partial charge on any atom is 0.270 e. The molecule has 7 nitrogen and oxygen atoms in total. The van der Waals surface area contributed by atoms with Gasteiger partial charge in [-0.2, -0.15) is 0 Å². The fraction of sp³-hybridized carbons (Fsp3) is 0.222. The maximum absolute atomic E-state index is 12.4. The third kappa shape index (κ3) is 4.75. The Bertz CT molecular complexity index is 972. The molecular weight excluding hydrogens is 386 g/mol. The number of benzene rings is 2. The van der Waals surface area contributed by atoms with Crippen LogP contribution in [0.15, 0.2) is 46.8 Å². The molecule has 1 aromatic heterocycles. The molecule has 1 heterocycles. The largest absolute Gasteiger partial charge is 0.494 e. The molecule has 9 heteroatoms. The van der Waals surface area contributed by atoms with Crippen molar-refractivity contribution in [3.63, 3.8) is 0 Å². The summed E-state index contributed by atoms with van der Waals surface area (Å²) < 4.78 is 6.80. The lowest BCUT2D eigenvalue weighted by Gasteiger charge is -2.11. The van der Waals surface area contributed by atoms with E-state index in [-0.39, 0.29) is 16.8 Å². The predicted octanol–water partition coefficient (Wildman–Crippen LogP) is 4.72. The van der Waals surface area contributed by atoms with Gasteiger partial charge in [0.2, 0.25) is 5.91 Å². The van der Waals surface area contributed by atoms with Crippen molar-refractivity contribution in [2.75, 3.05) is 11.9 Å². The highest BCUT2D eigenvalue weighted by Gasteiger charge is 2.18. The first kappa shape index (κ1) is 19.1. The molecule has 2 aromatic carbocycles. The smallest absolute Gasteiger partial charge is 0.270 e. The molecule has 0 saturated carbocycles. The number of anilines is 1. The quantitative estimate of drug-likeness (QED) is 0.348. The van der Waals surface area contributed by atoms with Crippen LogP contribution in [0.3, 0.4) is 0 Å². The zero-order chi connectivity index (χ0) is 19.4. The molecule has 0 fully saturated rings. The number of nitro benzene ring substituents is 1. The lowest BCUT2D eigenvalue weighted by Crippen LogP contribution is -2.22. The van der Waals surface area contributed by atoms with Crippen LogP contribution in [0.5, 0.6) is 5.75 Å². The van der Waals surface area contributed by atoms with E-state index in [4.69, 9.17) is 4.74 Å². The van der Waals surface area contributed by atoms with E-state index in [2.05, 4.69) is 10.3 Å². The molecule has 140 valence electrons. The van der Waals surface area contributed by atoms with Gasteiger partial charge in [0.25, 0.3) is 5.69 Å². The molecule has 0 saturated heterocycles. The highest BCUT2D eigenvalue weighted by molar-refractivity contribution is 8.02. The number of non-ortho nitro benzene ring substituents is 1. The topological polar surface area (TPSA) is 94.4 Å². The highest BCUT2D eigenvalue weighted by atomic mass is 32.2. The van der Waals surface area contributed by atoms with Gasteiger partial charge < -0.3 is 10.1 Å². The molecule has 0 spiro atoms. The van der Waals surface area contributed by atoms with Crippen molar-refractivity contribution < 1.29 is 14.5 Å². The number of aromatic nitrogens is 1. The first-order chi connectivity index (χ1) is 13.0. The molecule has 0 bridgehead atoms. The average Bonchev–Trinajstić information content (AvgIpc) is 3.04. The van der Waals surface area contributed by atoms with Gasteiger partial charge in [0.05, 0.1) is 27.0 Å². The molecule has 3 rings (SSSR count). The summed E-state index contributed by atoms with van der Waals surface area (Å²) in [5.74, 6) is 0.607. The van der Waals surface area contributed by atoms with Gasteiger partial charge >= 0.3 is 0 Å². The third-order valence-electron chi connectivity index (χ3n) is 3.64. The molecule has 1 N–H and O–H groups in total. The van der Waals surface area contributed by atoms with E-state index in [9.17, 15) is 14.9 Å². The van der Waals surface area contributed by atoms with Gasteiger partial charge in [0.15, 0.2) is 4.34 Å². The standard InChI is InChI=1S/C18H17N3O4S2/c1-3-25-14-7-4-12(5-8-14)19-17(22)11(2)26-18-20-15-9-6-13(21(23)24)10-16(15)27-18/h4-11H,3H2,1-2H3,(H,19,22)/t11-/m1/s1. The van der Waals surface area contributed by atoms with Crippen LogP contribution in [0.25, 0.3) is 10.2 Å². The minimum absolute atomic E-state index is 0.0315. The first-order valence-electron chi connectivity index (χ1n) is 8.21. The summed E-state index contributed by atoms with van der Waals surface area (Å²) in [5, 5.41) is 13.4. The highest BCUT2D eigenvalue weighted by Crippen LogP contribution is 2.34. The number of hydrogen-bond acceptors (Lipinski definition) is 7. The Morgan fingerprint density at radius 2 is 2.07 bits per heavy atom. The van der Waals surface area contributed by atoms with Crippen LogP contribution in [0.1, 0.15) is 13.8 Å². The van der Waals surface area contributed by atoms with Crippen molar-refractivity contribution in [2.24, 2.45) is 0 Å². The summed E-state index contributed by atoms with van der Waals surface area (Å²) in [7, 11) is 0. The van der Waals surface area contributed by atoms with E-state index in [0.717, 1.165) is 10.4 Å². The zero-order valence-electron chi connectivity index (χ0n) is 14.7. The minimum Gasteiger partial charge on any atom is -0.494 e. The number of nitrogens with one attached hydrogen (secondary N) is 1. The van der Waals surface area contributed by atoms with E-state index in [1.807, 2.05) is 6.92 Å². The fourth-order valence-electron chi connectivity index (χ4n) is 2.31. The van der Waals surface area contributed by atoms with E-state index in [0.29, 0.717) is 22.2 Å². The summed E-state index contributed by atoms with van der Waals surface area (Å²) in [4.78, 5) is 27.3. The van der Waals surface area contributed by atoms with Crippen molar-refractivity contribution in [1.82, 2.24) is 4.98 Å². The molecule has 0 aliphatic carbocycles. The number of ether oxygens (including phenoxy) is 1. The van der Waals surface area contributed by atoms with Crippen molar-refractivity contribution in [3.8, 4) is 5.75 Å². The van der Waals surface area contributed by atoms with E-state index < -0.39 is 4.92 Å². The number of thioether (sulfide) groups is 1. The Labute approximate surface area is 163 Å². The average molecular weight is 403 g/mol. The zero-order valence-corrected chi connectivity index (χ0v) is 16.3. The number of nitro groups is 1. The van der Waals surface area contributed by atoms with Crippen LogP contribution in [0, 0.1) is 10.1 Å². The number of carbonyl (C=O) groups excluding carboxylic acids is 1. The number of fused-ring (bicyclic) bond motifs is 1. The van der Waals surface area contributed by atoms with Gasteiger partial charge in [0.1, 0.15) is 5.75 Å². The number of nitrogens with zero attached hydrogens (tertiary/aromatic N) is 2. The maximum atomic E-state index is 12.4. The van der Waals surface area contributed by atoms with Crippen LogP contribution in [0.4, 0.5) is 11.4 Å². The third-order valence-corrected chi connectivity index (χ3v) is 5.85. The Balaban J connectivity index is 1.65. The second-order valence-corrected chi connectivity index (χ2v) is 8.21. The molecule has 0 unspecified atom stereocenters. The number of carbonyl (C=O) groups is 1. The molecular formula is C18H17N3O4S2. The molecule has 3 aromatic rings. The van der Waals surface area contributed by atoms with Gasteiger partial charge in [-0.05, 0) is 44.2 Å². The predicted molar refractivity (Wildman–Crippen MR) is 108 cm³/mol. The first-order valence-corrected chi connectivity index (χ1v) is 9.91. The normalized spacial score (nSPS) is 11.9. The number of rotatable bonds is 7. The van der Waals surface area contributed by atoms with Gasteiger partial charge in [-0.25, -0.2) is 4.98 Å². The van der Waals surface area contributed by atoms with Gasteiger partial charge in [-0.3, -0.25) is 14.9 Å². The number of thiazole rings is 1. The second-order valence-electron chi connectivity index (χ2n) is 5.60. The Kier molecular flexibility index (Phi) is 5.92. The molecule has 1 amide bonds. The van der Waals surface area contributed by atoms with Crippen LogP contribution < -0.4 is 10.1 Å². The Morgan fingerprint density at radius 1 is 1.33 bits per heavy atom. The lowest BCUT2D eigenvalue weighted by atomic mass is 10.3. The van der Waals surface area contributed by atoms with Gasteiger partial charge in [-0.15, -0.1) is 11.3 Å². The lowest BCUT2D eigenvalue weighted by molar-refractivity contribution is -0.384. The minimum atomic E-state index is -0.432. The van der Waals surface area contributed by atoms with Gasteiger partial charge in [0, 0.05) is 17.8 Å². The monoisotopic (exact) mass is 403 g/mol. The Hall–Kier alpha value is -2.65. The fourth-order valence-corrected chi connectivity index (χ4v) is 4.55. The Morgan fingerprint density at radius 3 is 2.74 bits per heavy atom. The van der Waals surface area contributed by atoms with E-state index in [1.165, 1.54) is 35.2 Å². The van der Waals surface area contributed by atoms with Crippen molar-refractivity contribution >= 4 is 50.6 Å². The summed E-state index contributed by atoms with van der Waals surface area (Å²) >= 11 is 2.66. The van der Waals surface area contributed by atoms with E-state index in [1.54, 1.807) is 37.3 Å². The summed E-state index contributed by atoms with van der Waals surface area (Å²) in [6.45, 7) is 4.29. The number of amides is 1.